The summed E-state index contributed by atoms with van der Waals surface area (Å²) in [6.07, 6.45) is 10.6. The molecular weight excluding hydrogens is 416 g/mol. The standard InChI is InChI=1S/C27H30N2O4/c1-4-21-16-24(9-11-26(21)32-3)33-23-8-7-22(14-19(2)15-23)25(30)10-12-27(31)29-18-20-6-5-13-28-17-20/h5-9,11,13-14,16-17H,4,10,12,15,18H2,1-3H3,(H,29,31). The zero-order chi connectivity index (χ0) is 23.6. The highest BCUT2D eigenvalue weighted by Gasteiger charge is 2.14. The number of nitrogens with one attached hydrogen (secondary N) is 1. The van der Waals surface area contributed by atoms with Crippen molar-refractivity contribution in [1.29, 1.82) is 0 Å². The Morgan fingerprint density at radius 3 is 2.73 bits per heavy atom. The number of benzene rings is 1. The number of ketones is 1. The van der Waals surface area contributed by atoms with Gasteiger partial charge in [-0.1, -0.05) is 24.6 Å². The minimum absolute atomic E-state index is 0.0684. The summed E-state index contributed by atoms with van der Waals surface area (Å²) < 4.78 is 11.5. The molecule has 1 aliphatic carbocycles. The molecule has 2 aromatic rings. The molecule has 0 atom stereocenters. The van der Waals surface area contributed by atoms with Crippen LogP contribution < -0.4 is 14.8 Å². The Hall–Kier alpha value is -3.67. The van der Waals surface area contributed by atoms with Gasteiger partial charge in [0.25, 0.3) is 0 Å². The van der Waals surface area contributed by atoms with Gasteiger partial charge in [-0.2, -0.15) is 0 Å². The number of carbonyl (C=O) groups excluding carboxylic acids is 2. The van der Waals surface area contributed by atoms with Crippen molar-refractivity contribution in [1.82, 2.24) is 10.3 Å². The van der Waals surface area contributed by atoms with Crippen molar-refractivity contribution >= 4 is 11.7 Å². The topological polar surface area (TPSA) is 77.5 Å². The molecule has 1 heterocycles. The number of pyridine rings is 1. The quantitative estimate of drug-likeness (QED) is 0.564. The Morgan fingerprint density at radius 1 is 1.15 bits per heavy atom. The molecule has 6 nitrogen and oxygen atoms in total. The minimum Gasteiger partial charge on any atom is -0.496 e. The molecule has 0 saturated carbocycles. The number of aromatic nitrogens is 1. The molecule has 1 aliphatic rings. The molecule has 33 heavy (non-hydrogen) atoms. The Balaban J connectivity index is 1.58. The van der Waals surface area contributed by atoms with E-state index >= 15 is 0 Å². The number of methoxy groups -OCH3 is 1. The lowest BCUT2D eigenvalue weighted by Crippen LogP contribution is -2.23. The van der Waals surface area contributed by atoms with Gasteiger partial charge in [-0.15, -0.1) is 0 Å². The van der Waals surface area contributed by atoms with Crippen LogP contribution in [0.25, 0.3) is 0 Å². The van der Waals surface area contributed by atoms with Crippen LogP contribution in [0.15, 0.2) is 77.9 Å². The van der Waals surface area contributed by atoms with Crippen LogP contribution in [-0.4, -0.2) is 23.8 Å². The Labute approximate surface area is 195 Å². The molecule has 0 saturated heterocycles. The predicted molar refractivity (Wildman–Crippen MR) is 128 cm³/mol. The van der Waals surface area contributed by atoms with Crippen LogP contribution in [0.1, 0.15) is 44.2 Å². The van der Waals surface area contributed by atoms with Crippen molar-refractivity contribution in [2.75, 3.05) is 7.11 Å². The first kappa shape index (κ1) is 24.0. The highest BCUT2D eigenvalue weighted by molar-refractivity contribution is 6.00. The van der Waals surface area contributed by atoms with Gasteiger partial charge in [-0.3, -0.25) is 14.6 Å². The second-order valence-electron chi connectivity index (χ2n) is 7.91. The van der Waals surface area contributed by atoms with Crippen molar-refractivity contribution < 1.29 is 19.1 Å². The normalized spacial score (nSPS) is 13.2. The molecule has 0 radical (unpaired) electrons. The summed E-state index contributed by atoms with van der Waals surface area (Å²) in [4.78, 5) is 28.9. The third-order valence-electron chi connectivity index (χ3n) is 5.30. The lowest BCUT2D eigenvalue weighted by atomic mass is 10.0. The molecule has 0 spiro atoms. The lowest BCUT2D eigenvalue weighted by molar-refractivity contribution is -0.124. The molecule has 1 amide bonds. The van der Waals surface area contributed by atoms with Gasteiger partial charge in [-0.05, 0) is 60.9 Å². The fraction of sp³-hybridized carbons (Fsp3) is 0.296. The first-order valence-corrected chi connectivity index (χ1v) is 11.1. The number of nitrogens with zero attached hydrogens (tertiary/aromatic N) is 1. The number of hydrogen-bond acceptors (Lipinski definition) is 5. The van der Waals surface area contributed by atoms with Crippen molar-refractivity contribution in [3.05, 3.63) is 89.0 Å². The Kier molecular flexibility index (Phi) is 8.58. The number of hydrogen-bond donors (Lipinski definition) is 1. The molecule has 3 rings (SSSR count). The van der Waals surface area contributed by atoms with Crippen molar-refractivity contribution in [3.8, 4) is 11.5 Å². The second-order valence-corrected chi connectivity index (χ2v) is 7.91. The van der Waals surface area contributed by atoms with Gasteiger partial charge < -0.3 is 14.8 Å². The van der Waals surface area contributed by atoms with Crippen molar-refractivity contribution in [3.63, 3.8) is 0 Å². The smallest absolute Gasteiger partial charge is 0.220 e. The molecule has 172 valence electrons. The maximum atomic E-state index is 12.7. The van der Waals surface area contributed by atoms with E-state index in [-0.39, 0.29) is 24.5 Å². The number of aryl methyl sites for hydroxylation is 1. The first-order chi connectivity index (χ1) is 16.0. The van der Waals surface area contributed by atoms with Crippen LogP contribution >= 0.6 is 0 Å². The van der Waals surface area contributed by atoms with Gasteiger partial charge in [0.2, 0.25) is 5.91 Å². The minimum atomic E-state index is -0.159. The molecule has 0 aliphatic heterocycles. The summed E-state index contributed by atoms with van der Waals surface area (Å²) in [6.45, 7) is 4.44. The van der Waals surface area contributed by atoms with E-state index in [2.05, 4.69) is 17.2 Å². The largest absolute Gasteiger partial charge is 0.496 e. The van der Waals surface area contributed by atoms with E-state index in [9.17, 15) is 9.59 Å². The fourth-order valence-corrected chi connectivity index (χ4v) is 3.53. The van der Waals surface area contributed by atoms with Crippen LogP contribution in [0.4, 0.5) is 0 Å². The third kappa shape index (κ3) is 7.17. The average Bonchev–Trinajstić information content (AvgIpc) is 3.02. The zero-order valence-corrected chi connectivity index (χ0v) is 19.4. The van der Waals surface area contributed by atoms with E-state index < -0.39 is 0 Å². The molecule has 6 heteroatoms. The summed E-state index contributed by atoms with van der Waals surface area (Å²) >= 11 is 0. The maximum Gasteiger partial charge on any atom is 0.220 e. The van der Waals surface area contributed by atoms with Crippen LogP contribution in [0.5, 0.6) is 11.5 Å². The lowest BCUT2D eigenvalue weighted by Gasteiger charge is -2.12. The number of amides is 1. The van der Waals surface area contributed by atoms with E-state index in [0.717, 1.165) is 40.4 Å². The van der Waals surface area contributed by atoms with E-state index in [1.165, 1.54) is 0 Å². The number of Topliss-reactive ketones (excluding diaryl/α,β-unsaturated/α-hetero) is 1. The van der Waals surface area contributed by atoms with E-state index in [0.29, 0.717) is 18.5 Å². The zero-order valence-electron chi connectivity index (χ0n) is 19.4. The highest BCUT2D eigenvalue weighted by atomic mass is 16.5. The maximum absolute atomic E-state index is 12.7. The monoisotopic (exact) mass is 446 g/mol. The SMILES string of the molecule is CCc1cc(OC2=CC=C(C(=O)CCC(=O)NCc3cccnc3)C=C(C)C2)ccc1OC. The van der Waals surface area contributed by atoms with Gasteiger partial charge in [0.15, 0.2) is 5.78 Å². The van der Waals surface area contributed by atoms with Crippen LogP contribution in [0.3, 0.4) is 0 Å². The van der Waals surface area contributed by atoms with E-state index in [1.54, 1.807) is 25.6 Å². The predicted octanol–water partition coefficient (Wildman–Crippen LogP) is 4.86. The fourth-order valence-electron chi connectivity index (χ4n) is 3.53. The summed E-state index contributed by atoms with van der Waals surface area (Å²) in [5.41, 5.74) is 3.59. The van der Waals surface area contributed by atoms with Gasteiger partial charge in [0.1, 0.15) is 17.3 Å². The summed E-state index contributed by atoms with van der Waals surface area (Å²) in [5, 5.41) is 2.82. The van der Waals surface area contributed by atoms with Crippen LogP contribution in [0, 0.1) is 0 Å². The van der Waals surface area contributed by atoms with Gasteiger partial charge >= 0.3 is 0 Å². The summed E-state index contributed by atoms with van der Waals surface area (Å²) in [5.74, 6) is 2.11. The van der Waals surface area contributed by atoms with Crippen LogP contribution in [-0.2, 0) is 22.6 Å². The number of carbonyl (C=O) groups is 2. The second kappa shape index (κ2) is 11.8. The Bertz CT molecular complexity index is 1080. The average molecular weight is 447 g/mol. The molecule has 1 aromatic carbocycles. The summed E-state index contributed by atoms with van der Waals surface area (Å²) in [7, 11) is 1.66. The Morgan fingerprint density at radius 2 is 2.00 bits per heavy atom. The van der Waals surface area contributed by atoms with Crippen molar-refractivity contribution in [2.45, 2.75) is 46.1 Å². The van der Waals surface area contributed by atoms with E-state index in [4.69, 9.17) is 9.47 Å². The number of ether oxygens (including phenoxy) is 2. The summed E-state index contributed by atoms with van der Waals surface area (Å²) in [6, 6.07) is 9.47. The van der Waals surface area contributed by atoms with Crippen molar-refractivity contribution in [2.24, 2.45) is 0 Å². The first-order valence-electron chi connectivity index (χ1n) is 11.1. The van der Waals surface area contributed by atoms with Gasteiger partial charge in [0, 0.05) is 43.8 Å². The van der Waals surface area contributed by atoms with Crippen LogP contribution in [0.2, 0.25) is 0 Å². The molecule has 0 fully saturated rings. The molecular formula is C27H30N2O4. The molecule has 0 bridgehead atoms. The number of allylic oxidation sites excluding steroid dienone is 5. The van der Waals surface area contributed by atoms with Gasteiger partial charge in [0.05, 0.1) is 7.11 Å². The van der Waals surface area contributed by atoms with Gasteiger partial charge in [-0.25, -0.2) is 0 Å². The molecule has 1 aromatic heterocycles. The molecule has 0 unspecified atom stereocenters. The molecule has 1 N–H and O–H groups in total. The van der Waals surface area contributed by atoms with E-state index in [1.807, 2.05) is 49.4 Å². The third-order valence-corrected chi connectivity index (χ3v) is 5.30. The number of rotatable bonds is 10. The highest BCUT2D eigenvalue weighted by Crippen LogP contribution is 2.28.